The van der Waals surface area contributed by atoms with E-state index in [1.807, 2.05) is 0 Å². The van der Waals surface area contributed by atoms with E-state index in [-0.39, 0.29) is 17.5 Å². The van der Waals surface area contributed by atoms with Crippen molar-refractivity contribution in [2.75, 3.05) is 19.7 Å². The highest BCUT2D eigenvalue weighted by atomic mass is 16.5. The molecule has 0 amide bonds. The molecule has 1 aliphatic rings. The topological polar surface area (TPSA) is 70.9 Å². The molecule has 80 valence electrons. The minimum absolute atomic E-state index is 0.0579. The molecule has 1 saturated heterocycles. The van der Waals surface area contributed by atoms with Crippen LogP contribution in [0.25, 0.3) is 0 Å². The molecule has 0 aromatic heterocycles. The molecule has 1 atom stereocenters. The Morgan fingerprint density at radius 1 is 1.53 bits per heavy atom. The van der Waals surface area contributed by atoms with Crippen LogP contribution in [-0.4, -0.2) is 24.8 Å². The van der Waals surface area contributed by atoms with Gasteiger partial charge in [0.25, 0.3) is 0 Å². The summed E-state index contributed by atoms with van der Waals surface area (Å²) >= 11 is 0. The summed E-state index contributed by atoms with van der Waals surface area (Å²) in [5, 5.41) is 15.3. The highest BCUT2D eigenvalue weighted by Gasteiger charge is 2.16. The number of benzene rings is 1. The zero-order valence-electron chi connectivity index (χ0n) is 8.14. The van der Waals surface area contributed by atoms with E-state index >= 15 is 0 Å². The lowest BCUT2D eigenvalue weighted by molar-refractivity contribution is 0.0276. The van der Waals surface area contributed by atoms with Crippen LogP contribution in [0.4, 0.5) is 5.69 Å². The van der Waals surface area contributed by atoms with Gasteiger partial charge in [0, 0.05) is 13.1 Å². The first-order chi connectivity index (χ1) is 7.31. The van der Waals surface area contributed by atoms with Crippen LogP contribution in [-0.2, 0) is 4.74 Å². The van der Waals surface area contributed by atoms with Crippen LogP contribution in [0.3, 0.4) is 0 Å². The molecule has 1 unspecified atom stereocenters. The molecule has 2 N–H and O–H groups in total. The molecule has 2 rings (SSSR count). The molecule has 5 heteroatoms. The van der Waals surface area contributed by atoms with Crippen molar-refractivity contribution < 1.29 is 9.84 Å². The number of hydrogen-bond donors (Lipinski definition) is 2. The Kier molecular flexibility index (Phi) is 2.94. The minimum atomic E-state index is -0.100. The standard InChI is InChI=1S/C10H12N2O3/c13-9-5-7(1-2-8(9)12-14)10-6-11-3-4-15-10/h1-2,5,10-11,13H,3-4,6H2. The van der Waals surface area contributed by atoms with Gasteiger partial charge in [-0.3, -0.25) is 0 Å². The Morgan fingerprint density at radius 3 is 3.00 bits per heavy atom. The smallest absolute Gasteiger partial charge is 0.149 e. The predicted octanol–water partition coefficient (Wildman–Crippen LogP) is 1.45. The number of hydrogen-bond acceptors (Lipinski definition) is 5. The van der Waals surface area contributed by atoms with Gasteiger partial charge in [-0.2, -0.15) is 0 Å². The summed E-state index contributed by atoms with van der Waals surface area (Å²) in [5.74, 6) is -0.100. The third-order valence-corrected chi connectivity index (χ3v) is 2.40. The molecule has 0 radical (unpaired) electrons. The van der Waals surface area contributed by atoms with E-state index in [4.69, 9.17) is 4.74 Å². The van der Waals surface area contributed by atoms with Crippen LogP contribution in [0.2, 0.25) is 0 Å². The van der Waals surface area contributed by atoms with Crippen molar-refractivity contribution in [3.8, 4) is 5.75 Å². The number of morpholine rings is 1. The molecule has 0 spiro atoms. The van der Waals surface area contributed by atoms with E-state index in [1.165, 1.54) is 12.1 Å². The molecule has 1 fully saturated rings. The average Bonchev–Trinajstić information content (AvgIpc) is 2.30. The van der Waals surface area contributed by atoms with Crippen LogP contribution in [0.15, 0.2) is 23.4 Å². The van der Waals surface area contributed by atoms with Gasteiger partial charge in [0.1, 0.15) is 11.4 Å². The van der Waals surface area contributed by atoms with Gasteiger partial charge >= 0.3 is 0 Å². The van der Waals surface area contributed by atoms with Crippen LogP contribution in [0.5, 0.6) is 5.75 Å². The van der Waals surface area contributed by atoms with Crippen molar-refractivity contribution in [1.29, 1.82) is 0 Å². The van der Waals surface area contributed by atoms with Crippen molar-refractivity contribution >= 4 is 5.69 Å². The number of nitrogens with zero attached hydrogens (tertiary/aromatic N) is 1. The monoisotopic (exact) mass is 208 g/mol. The largest absolute Gasteiger partial charge is 0.506 e. The molecule has 0 aliphatic carbocycles. The van der Waals surface area contributed by atoms with Gasteiger partial charge in [-0.25, -0.2) is 0 Å². The molecule has 1 aliphatic heterocycles. The van der Waals surface area contributed by atoms with Crippen molar-refractivity contribution in [2.24, 2.45) is 5.18 Å². The summed E-state index contributed by atoms with van der Waals surface area (Å²) in [6.45, 7) is 2.21. The quantitative estimate of drug-likeness (QED) is 0.721. The number of nitroso groups, excluding NO2 is 1. The number of aromatic hydroxyl groups is 1. The minimum Gasteiger partial charge on any atom is -0.506 e. The first-order valence-corrected chi connectivity index (χ1v) is 4.80. The van der Waals surface area contributed by atoms with Gasteiger partial charge < -0.3 is 15.2 Å². The normalized spacial score (nSPS) is 21.2. The van der Waals surface area contributed by atoms with Crippen LogP contribution in [0, 0.1) is 4.91 Å². The Labute approximate surface area is 87.0 Å². The van der Waals surface area contributed by atoms with Gasteiger partial charge in [0.05, 0.1) is 12.7 Å². The summed E-state index contributed by atoms with van der Waals surface area (Å²) < 4.78 is 5.51. The Bertz CT molecular complexity index is 362. The molecule has 1 aromatic carbocycles. The van der Waals surface area contributed by atoms with Crippen LogP contribution >= 0.6 is 0 Å². The maximum absolute atomic E-state index is 10.3. The van der Waals surface area contributed by atoms with Gasteiger partial charge in [-0.15, -0.1) is 4.91 Å². The lowest BCUT2D eigenvalue weighted by Crippen LogP contribution is -2.33. The van der Waals surface area contributed by atoms with E-state index in [9.17, 15) is 10.0 Å². The summed E-state index contributed by atoms with van der Waals surface area (Å²) in [7, 11) is 0. The highest BCUT2D eigenvalue weighted by Crippen LogP contribution is 2.30. The highest BCUT2D eigenvalue weighted by molar-refractivity contribution is 5.52. The Morgan fingerprint density at radius 2 is 2.40 bits per heavy atom. The zero-order valence-corrected chi connectivity index (χ0v) is 8.14. The molecule has 1 aromatic rings. The lowest BCUT2D eigenvalue weighted by Gasteiger charge is -2.24. The van der Waals surface area contributed by atoms with E-state index in [0.29, 0.717) is 13.2 Å². The number of ether oxygens (including phenoxy) is 1. The third kappa shape index (κ3) is 2.14. The fourth-order valence-electron chi connectivity index (χ4n) is 1.60. The van der Waals surface area contributed by atoms with Gasteiger partial charge in [0.15, 0.2) is 0 Å². The number of rotatable bonds is 2. The van der Waals surface area contributed by atoms with Gasteiger partial charge in [-0.1, -0.05) is 6.07 Å². The molecule has 0 saturated carbocycles. The van der Waals surface area contributed by atoms with Crippen molar-refractivity contribution in [2.45, 2.75) is 6.10 Å². The maximum atomic E-state index is 10.3. The number of phenolic OH excluding ortho intramolecular Hbond substituents is 1. The first kappa shape index (κ1) is 10.1. The van der Waals surface area contributed by atoms with Gasteiger partial charge in [0.2, 0.25) is 0 Å². The Hall–Kier alpha value is -1.46. The SMILES string of the molecule is O=Nc1ccc(C2CNCCO2)cc1O. The molecule has 5 nitrogen and oxygen atoms in total. The van der Waals surface area contributed by atoms with Crippen molar-refractivity contribution in [1.82, 2.24) is 5.32 Å². The summed E-state index contributed by atoms with van der Waals surface area (Å²) in [6, 6.07) is 4.76. The summed E-state index contributed by atoms with van der Waals surface area (Å²) in [4.78, 5) is 10.3. The second kappa shape index (κ2) is 4.37. The lowest BCUT2D eigenvalue weighted by atomic mass is 10.1. The molecule has 15 heavy (non-hydrogen) atoms. The number of nitrogens with one attached hydrogen (secondary N) is 1. The van der Waals surface area contributed by atoms with E-state index in [2.05, 4.69) is 10.5 Å². The second-order valence-corrected chi connectivity index (χ2v) is 3.40. The Balaban J connectivity index is 2.21. The molecule has 0 bridgehead atoms. The maximum Gasteiger partial charge on any atom is 0.149 e. The van der Waals surface area contributed by atoms with Gasteiger partial charge in [-0.05, 0) is 22.9 Å². The van der Waals surface area contributed by atoms with E-state index < -0.39 is 0 Å². The van der Waals surface area contributed by atoms with E-state index in [1.54, 1.807) is 6.07 Å². The van der Waals surface area contributed by atoms with Crippen LogP contribution < -0.4 is 5.32 Å². The fourth-order valence-corrected chi connectivity index (χ4v) is 1.60. The number of phenols is 1. The van der Waals surface area contributed by atoms with E-state index in [0.717, 1.165) is 12.1 Å². The van der Waals surface area contributed by atoms with Crippen molar-refractivity contribution in [3.63, 3.8) is 0 Å². The zero-order chi connectivity index (χ0) is 10.7. The van der Waals surface area contributed by atoms with Crippen LogP contribution in [0.1, 0.15) is 11.7 Å². The fraction of sp³-hybridized carbons (Fsp3) is 0.400. The third-order valence-electron chi connectivity index (χ3n) is 2.40. The molecular weight excluding hydrogens is 196 g/mol. The summed E-state index contributed by atoms with van der Waals surface area (Å²) in [5.41, 5.74) is 0.912. The first-order valence-electron chi connectivity index (χ1n) is 4.80. The molecule has 1 heterocycles. The predicted molar refractivity (Wildman–Crippen MR) is 55.1 cm³/mol. The summed E-state index contributed by atoms with van der Waals surface area (Å²) in [6.07, 6.45) is -0.0645. The average molecular weight is 208 g/mol. The van der Waals surface area contributed by atoms with Crippen molar-refractivity contribution in [3.05, 3.63) is 28.7 Å². The molecular formula is C10H12N2O3. The second-order valence-electron chi connectivity index (χ2n) is 3.40.